The molecule has 0 aliphatic carbocycles. The molecule has 1 saturated heterocycles. The van der Waals surface area contributed by atoms with Crippen molar-refractivity contribution in [1.82, 2.24) is 24.8 Å². The van der Waals surface area contributed by atoms with Crippen LogP contribution in [0.4, 0.5) is 5.95 Å². The summed E-state index contributed by atoms with van der Waals surface area (Å²) in [6.45, 7) is 6.88. The van der Waals surface area contributed by atoms with E-state index in [9.17, 15) is 0 Å². The van der Waals surface area contributed by atoms with E-state index in [2.05, 4.69) is 43.5 Å². The highest BCUT2D eigenvalue weighted by atomic mass is 32.1. The number of aromatic nitrogens is 5. The van der Waals surface area contributed by atoms with Gasteiger partial charge in [-0.3, -0.25) is 5.10 Å². The topological polar surface area (TPSA) is 96.6 Å². The first-order valence-corrected chi connectivity index (χ1v) is 8.11. The van der Waals surface area contributed by atoms with Gasteiger partial charge in [0.15, 0.2) is 5.82 Å². The van der Waals surface area contributed by atoms with Crippen LogP contribution in [0.25, 0.3) is 10.7 Å². The van der Waals surface area contributed by atoms with Gasteiger partial charge in [-0.15, -0.1) is 10.2 Å². The Labute approximate surface area is 128 Å². The zero-order valence-corrected chi connectivity index (χ0v) is 13.3. The standard InChI is InChI=1S/C13H21N7S/c1-3-9-10(21-19-16-9)11-15-12(18-17-11)20-6-4-5-13(2,7-14)8-20/h3-8,14H2,1-2H3,(H,15,17,18). The highest BCUT2D eigenvalue weighted by molar-refractivity contribution is 7.09. The molecule has 0 amide bonds. The minimum atomic E-state index is 0.152. The number of nitrogens with two attached hydrogens (primary N) is 1. The summed E-state index contributed by atoms with van der Waals surface area (Å²) >= 11 is 1.36. The van der Waals surface area contributed by atoms with Gasteiger partial charge in [-0.1, -0.05) is 18.3 Å². The second-order valence-electron chi connectivity index (χ2n) is 5.93. The number of hydrogen-bond acceptors (Lipinski definition) is 7. The summed E-state index contributed by atoms with van der Waals surface area (Å²) in [6, 6.07) is 0. The van der Waals surface area contributed by atoms with E-state index in [-0.39, 0.29) is 5.41 Å². The molecule has 3 rings (SSSR count). The quantitative estimate of drug-likeness (QED) is 0.887. The molecular weight excluding hydrogens is 286 g/mol. The van der Waals surface area contributed by atoms with E-state index >= 15 is 0 Å². The van der Waals surface area contributed by atoms with Gasteiger partial charge in [-0.05, 0) is 42.8 Å². The van der Waals surface area contributed by atoms with Gasteiger partial charge in [0, 0.05) is 13.1 Å². The van der Waals surface area contributed by atoms with Crippen molar-refractivity contribution in [2.45, 2.75) is 33.1 Å². The Morgan fingerprint density at radius 2 is 2.33 bits per heavy atom. The van der Waals surface area contributed by atoms with Crippen LogP contribution in [-0.2, 0) is 6.42 Å². The van der Waals surface area contributed by atoms with Crippen LogP contribution in [0.1, 0.15) is 32.4 Å². The third-order valence-corrected chi connectivity index (χ3v) is 4.91. The maximum absolute atomic E-state index is 5.91. The number of rotatable bonds is 4. The zero-order chi connectivity index (χ0) is 14.9. The molecule has 0 radical (unpaired) electrons. The molecule has 8 heteroatoms. The molecule has 0 spiro atoms. The first kappa shape index (κ1) is 14.4. The molecule has 21 heavy (non-hydrogen) atoms. The minimum Gasteiger partial charge on any atom is -0.339 e. The summed E-state index contributed by atoms with van der Waals surface area (Å²) in [5.41, 5.74) is 7.03. The van der Waals surface area contributed by atoms with E-state index in [4.69, 9.17) is 5.73 Å². The molecule has 0 aromatic carbocycles. The molecule has 1 aliphatic heterocycles. The molecule has 3 heterocycles. The Morgan fingerprint density at radius 1 is 1.48 bits per heavy atom. The van der Waals surface area contributed by atoms with Crippen molar-refractivity contribution in [3.63, 3.8) is 0 Å². The van der Waals surface area contributed by atoms with Gasteiger partial charge in [0.2, 0.25) is 5.95 Å². The van der Waals surface area contributed by atoms with Crippen molar-refractivity contribution < 1.29 is 0 Å². The van der Waals surface area contributed by atoms with Gasteiger partial charge < -0.3 is 10.6 Å². The molecule has 0 saturated carbocycles. The van der Waals surface area contributed by atoms with E-state index in [1.54, 1.807) is 0 Å². The van der Waals surface area contributed by atoms with Crippen LogP contribution in [0, 0.1) is 5.41 Å². The average Bonchev–Trinajstić information content (AvgIpc) is 3.15. The van der Waals surface area contributed by atoms with Crippen molar-refractivity contribution in [1.29, 1.82) is 0 Å². The number of aryl methyl sites for hydroxylation is 1. The maximum Gasteiger partial charge on any atom is 0.245 e. The van der Waals surface area contributed by atoms with Crippen molar-refractivity contribution in [3.05, 3.63) is 5.69 Å². The van der Waals surface area contributed by atoms with E-state index in [0.29, 0.717) is 6.54 Å². The van der Waals surface area contributed by atoms with E-state index in [1.807, 2.05) is 0 Å². The highest BCUT2D eigenvalue weighted by Crippen LogP contribution is 2.31. The van der Waals surface area contributed by atoms with E-state index < -0.39 is 0 Å². The van der Waals surface area contributed by atoms with Gasteiger partial charge in [0.05, 0.1) is 5.69 Å². The molecule has 1 unspecified atom stereocenters. The zero-order valence-electron chi connectivity index (χ0n) is 12.5. The molecule has 114 valence electrons. The molecule has 2 aromatic heterocycles. The number of nitrogens with one attached hydrogen (secondary N) is 1. The second-order valence-corrected chi connectivity index (χ2v) is 6.68. The summed E-state index contributed by atoms with van der Waals surface area (Å²) < 4.78 is 4.00. The lowest BCUT2D eigenvalue weighted by atomic mass is 9.82. The number of aromatic amines is 1. The van der Waals surface area contributed by atoms with Crippen molar-refractivity contribution in [2.75, 3.05) is 24.5 Å². The van der Waals surface area contributed by atoms with Gasteiger partial charge in [-0.2, -0.15) is 4.98 Å². The van der Waals surface area contributed by atoms with Crippen molar-refractivity contribution in [2.24, 2.45) is 11.1 Å². The monoisotopic (exact) mass is 307 g/mol. The number of piperidine rings is 1. The largest absolute Gasteiger partial charge is 0.339 e. The first-order valence-electron chi connectivity index (χ1n) is 7.34. The summed E-state index contributed by atoms with van der Waals surface area (Å²) in [5, 5.41) is 11.5. The van der Waals surface area contributed by atoms with Crippen molar-refractivity contribution >= 4 is 17.5 Å². The summed E-state index contributed by atoms with van der Waals surface area (Å²) in [4.78, 5) is 7.83. The fraction of sp³-hybridized carbons (Fsp3) is 0.692. The predicted molar refractivity (Wildman–Crippen MR) is 83.3 cm³/mol. The Bertz CT molecular complexity index is 607. The lowest BCUT2D eigenvalue weighted by Crippen LogP contribution is -2.46. The summed E-state index contributed by atoms with van der Waals surface area (Å²) in [7, 11) is 0. The molecule has 0 bridgehead atoms. The van der Waals surface area contributed by atoms with Crippen LogP contribution in [0.2, 0.25) is 0 Å². The third kappa shape index (κ3) is 2.77. The highest BCUT2D eigenvalue weighted by Gasteiger charge is 2.31. The first-order chi connectivity index (χ1) is 10.1. The van der Waals surface area contributed by atoms with Gasteiger partial charge in [-0.25, -0.2) is 0 Å². The molecule has 3 N–H and O–H groups in total. The van der Waals surface area contributed by atoms with Crippen LogP contribution >= 0.6 is 11.5 Å². The van der Waals surface area contributed by atoms with Crippen LogP contribution in [-0.4, -0.2) is 44.4 Å². The van der Waals surface area contributed by atoms with Crippen LogP contribution in [0.5, 0.6) is 0 Å². The second kappa shape index (κ2) is 5.69. The number of hydrogen-bond donors (Lipinski definition) is 2. The van der Waals surface area contributed by atoms with E-state index in [1.165, 1.54) is 11.5 Å². The van der Waals surface area contributed by atoms with Crippen LogP contribution in [0.15, 0.2) is 0 Å². The Morgan fingerprint density at radius 3 is 3.10 bits per heavy atom. The van der Waals surface area contributed by atoms with Crippen LogP contribution < -0.4 is 10.6 Å². The van der Waals surface area contributed by atoms with E-state index in [0.717, 1.165) is 54.7 Å². The molecule has 7 nitrogen and oxygen atoms in total. The fourth-order valence-corrected chi connectivity index (χ4v) is 3.46. The normalized spacial score (nSPS) is 22.7. The minimum absolute atomic E-state index is 0.152. The van der Waals surface area contributed by atoms with Gasteiger partial charge in [0.25, 0.3) is 0 Å². The van der Waals surface area contributed by atoms with Crippen LogP contribution in [0.3, 0.4) is 0 Å². The molecule has 1 fully saturated rings. The van der Waals surface area contributed by atoms with Gasteiger partial charge >= 0.3 is 0 Å². The summed E-state index contributed by atoms with van der Waals surface area (Å²) in [6.07, 6.45) is 3.13. The summed E-state index contributed by atoms with van der Waals surface area (Å²) in [5.74, 6) is 1.51. The fourth-order valence-electron chi connectivity index (χ4n) is 2.77. The lowest BCUT2D eigenvalue weighted by molar-refractivity contribution is 0.270. The maximum atomic E-state index is 5.91. The SMILES string of the molecule is CCc1nnsc1-c1nc(N2CCCC(C)(CN)C2)n[nH]1. The Hall–Kier alpha value is -1.54. The lowest BCUT2D eigenvalue weighted by Gasteiger charge is -2.39. The number of anilines is 1. The number of nitrogens with zero attached hydrogens (tertiary/aromatic N) is 5. The number of H-pyrrole nitrogens is 1. The molecule has 1 atom stereocenters. The molecule has 2 aromatic rings. The van der Waals surface area contributed by atoms with Crippen molar-refractivity contribution in [3.8, 4) is 10.7 Å². The van der Waals surface area contributed by atoms with Gasteiger partial charge in [0.1, 0.15) is 4.88 Å². The predicted octanol–water partition coefficient (Wildman–Crippen LogP) is 1.45. The Kier molecular flexibility index (Phi) is 3.90. The molecular formula is C13H21N7S. The Balaban J connectivity index is 1.82. The third-order valence-electron chi connectivity index (χ3n) is 4.14. The molecule has 1 aliphatic rings. The average molecular weight is 307 g/mol. The smallest absolute Gasteiger partial charge is 0.245 e.